The third kappa shape index (κ3) is 2.16. The van der Waals surface area contributed by atoms with Crippen LogP contribution in [0.1, 0.15) is 5.85 Å². The smallest absolute Gasteiger partial charge is 0.354 e. The number of nitrogens with two attached hydrogens (primary N) is 1. The Bertz CT molecular complexity index is 784. The molecule has 0 aliphatic carbocycles. The predicted octanol–water partition coefficient (Wildman–Crippen LogP) is 0.368. The van der Waals surface area contributed by atoms with Gasteiger partial charge >= 0.3 is 7.60 Å². The summed E-state index contributed by atoms with van der Waals surface area (Å²) in [5.41, 5.74) is 6.21. The lowest BCUT2D eigenvalue weighted by Gasteiger charge is -2.28. The van der Waals surface area contributed by atoms with Crippen LogP contribution in [-0.2, 0) is 18.6 Å². The van der Waals surface area contributed by atoms with Gasteiger partial charge in [-0.25, -0.2) is 15.0 Å². The fraction of sp³-hybridized carbons (Fsp3) is 0.500. The Hall–Kier alpha value is -1.12. The van der Waals surface area contributed by atoms with Crippen molar-refractivity contribution >= 4 is 31.7 Å². The molecule has 0 aromatic carbocycles. The maximum Gasteiger partial charge on any atom is 0.354 e. The number of nitrogen functional groups attached to an aromatic ring is 1. The first-order chi connectivity index (χ1) is 10.5. The molecule has 2 aromatic rings. The fourth-order valence-electron chi connectivity index (χ4n) is 2.54. The number of aromatic nitrogens is 3. The Balaban J connectivity index is 1.71. The molecule has 12 heteroatoms. The summed E-state index contributed by atoms with van der Waals surface area (Å²) >= 11 is 0. The second-order valence-corrected chi connectivity index (χ2v) is 8.69. The molecule has 22 heavy (non-hydrogen) atoms. The van der Waals surface area contributed by atoms with E-state index in [4.69, 9.17) is 19.7 Å². The third-order valence-corrected chi connectivity index (χ3v) is 6.72. The van der Waals surface area contributed by atoms with Gasteiger partial charge in [-0.15, -0.1) is 0 Å². The van der Waals surface area contributed by atoms with Gasteiger partial charge in [-0.3, -0.25) is 9.09 Å². The van der Waals surface area contributed by atoms with Gasteiger partial charge in [-0.1, -0.05) is 0 Å². The van der Waals surface area contributed by atoms with Gasteiger partial charge < -0.3 is 25.2 Å². The van der Waals surface area contributed by atoms with E-state index in [0.29, 0.717) is 10.8 Å². The minimum Gasteiger partial charge on any atom is -0.387 e. The standard InChI is InChI=1S/C10H12N4O6P2/c11-7-4-8(13-1-12-7)21(2-14-4)10-5(15)6-9(19-10)18-3-22(16,17)20-6/h1-2,5-6,9-10,15H,3H2,(H,16,17)(H2,11,12,13). The lowest BCUT2D eigenvalue weighted by Crippen LogP contribution is -2.38. The highest BCUT2D eigenvalue weighted by molar-refractivity contribution is 7.54. The Morgan fingerprint density at radius 1 is 1.41 bits per heavy atom. The molecule has 0 bridgehead atoms. The molecule has 2 aliphatic rings. The lowest BCUT2D eigenvalue weighted by molar-refractivity contribution is -0.164. The molecule has 118 valence electrons. The van der Waals surface area contributed by atoms with Crippen LogP contribution in [-0.4, -0.2) is 49.8 Å². The molecule has 2 fully saturated rings. The second kappa shape index (κ2) is 4.94. The van der Waals surface area contributed by atoms with E-state index < -0.39 is 45.8 Å². The van der Waals surface area contributed by atoms with Gasteiger partial charge in [0, 0.05) is 0 Å². The summed E-state index contributed by atoms with van der Waals surface area (Å²) in [4.78, 5) is 21.7. The highest BCUT2D eigenvalue weighted by Crippen LogP contribution is 2.58. The lowest BCUT2D eigenvalue weighted by atomic mass is 10.2. The van der Waals surface area contributed by atoms with E-state index in [0.717, 1.165) is 0 Å². The average Bonchev–Trinajstić information content (AvgIpc) is 3.01. The minimum absolute atomic E-state index is 0.253. The van der Waals surface area contributed by atoms with Crippen LogP contribution in [0.4, 0.5) is 5.82 Å². The highest BCUT2D eigenvalue weighted by atomic mass is 31.2. The van der Waals surface area contributed by atoms with Crippen LogP contribution in [0.5, 0.6) is 0 Å². The van der Waals surface area contributed by atoms with Gasteiger partial charge in [0.15, 0.2) is 18.5 Å². The van der Waals surface area contributed by atoms with E-state index in [9.17, 15) is 14.6 Å². The zero-order valence-electron chi connectivity index (χ0n) is 11.0. The van der Waals surface area contributed by atoms with Crippen molar-refractivity contribution in [3.8, 4) is 0 Å². The maximum absolute atomic E-state index is 11.6. The molecule has 0 amide bonds. The number of hydrogen-bond acceptors (Lipinski definition) is 9. The minimum atomic E-state index is -3.86. The summed E-state index contributed by atoms with van der Waals surface area (Å²) in [6.45, 7) is 0. The van der Waals surface area contributed by atoms with Gasteiger partial charge in [-0.05, 0) is 7.53 Å². The molecular formula is C10H12N4O6P2. The highest BCUT2D eigenvalue weighted by Gasteiger charge is 2.52. The van der Waals surface area contributed by atoms with E-state index >= 15 is 0 Å². The van der Waals surface area contributed by atoms with Crippen LogP contribution in [0.15, 0.2) is 12.3 Å². The first kappa shape index (κ1) is 14.5. The summed E-state index contributed by atoms with van der Waals surface area (Å²) in [6, 6.07) is 0. The SMILES string of the molecule is Nc1ncnc2c1ncp2C1OC2OCP(=O)(O)OC2C1O. The monoisotopic (exact) mass is 346 g/mol. The number of nitrogens with zero attached hydrogens (tertiary/aromatic N) is 3. The zero-order chi connectivity index (χ0) is 15.5. The van der Waals surface area contributed by atoms with Crippen molar-refractivity contribution in [3.05, 3.63) is 12.3 Å². The quantitative estimate of drug-likeness (QED) is 0.618. The van der Waals surface area contributed by atoms with Gasteiger partial charge in [0.25, 0.3) is 0 Å². The molecule has 6 atom stereocenters. The molecular weight excluding hydrogens is 334 g/mol. The molecule has 4 heterocycles. The first-order valence-corrected chi connectivity index (χ1v) is 9.59. The number of rotatable bonds is 1. The summed E-state index contributed by atoms with van der Waals surface area (Å²) in [5, 5.41) is 11.0. The predicted molar refractivity (Wildman–Crippen MR) is 75.0 cm³/mol. The van der Waals surface area contributed by atoms with Crippen molar-refractivity contribution in [2.24, 2.45) is 0 Å². The van der Waals surface area contributed by atoms with Gasteiger partial charge in [0.1, 0.15) is 35.1 Å². The van der Waals surface area contributed by atoms with Crippen LogP contribution in [0.3, 0.4) is 0 Å². The third-order valence-electron chi connectivity index (χ3n) is 3.52. The van der Waals surface area contributed by atoms with Crippen molar-refractivity contribution in [1.29, 1.82) is 0 Å². The Labute approximate surface area is 124 Å². The Kier molecular flexibility index (Phi) is 3.25. The maximum atomic E-state index is 11.6. The fourth-order valence-corrected chi connectivity index (χ4v) is 5.61. The van der Waals surface area contributed by atoms with E-state index in [1.54, 1.807) is 5.93 Å². The van der Waals surface area contributed by atoms with Crippen LogP contribution in [0, 0.1) is 0 Å². The van der Waals surface area contributed by atoms with E-state index in [-0.39, 0.29) is 5.82 Å². The van der Waals surface area contributed by atoms with E-state index in [1.807, 2.05) is 0 Å². The summed E-state index contributed by atoms with van der Waals surface area (Å²) in [5.74, 6) is 1.17. The van der Waals surface area contributed by atoms with Gasteiger partial charge in [0.2, 0.25) is 0 Å². The molecule has 0 spiro atoms. The molecule has 2 aliphatic heterocycles. The normalized spacial score (nSPS) is 39.1. The molecule has 4 N–H and O–H groups in total. The van der Waals surface area contributed by atoms with E-state index in [1.165, 1.54) is 6.33 Å². The zero-order valence-corrected chi connectivity index (χ0v) is 12.8. The Morgan fingerprint density at radius 3 is 3.05 bits per heavy atom. The largest absolute Gasteiger partial charge is 0.387 e. The van der Waals surface area contributed by atoms with Crippen molar-refractivity contribution in [1.82, 2.24) is 15.0 Å². The van der Waals surface area contributed by atoms with Crippen molar-refractivity contribution in [3.63, 3.8) is 0 Å². The summed E-state index contributed by atoms with van der Waals surface area (Å²) in [6.07, 6.45) is -2.19. The molecule has 2 saturated heterocycles. The molecule has 6 unspecified atom stereocenters. The van der Waals surface area contributed by atoms with E-state index in [2.05, 4.69) is 15.0 Å². The molecule has 10 nitrogen and oxygen atoms in total. The number of hydrogen-bond donors (Lipinski definition) is 3. The van der Waals surface area contributed by atoms with Gasteiger partial charge in [-0.2, -0.15) is 0 Å². The van der Waals surface area contributed by atoms with Crippen LogP contribution in [0.25, 0.3) is 10.8 Å². The molecule has 4 rings (SSSR count). The number of aliphatic hydroxyl groups excluding tert-OH is 1. The number of ether oxygens (including phenoxy) is 2. The molecule has 0 radical (unpaired) electrons. The Morgan fingerprint density at radius 2 is 2.23 bits per heavy atom. The number of aliphatic hydroxyl groups is 1. The number of fused-ring (bicyclic) bond motifs is 2. The van der Waals surface area contributed by atoms with Crippen molar-refractivity contribution < 1.29 is 28.6 Å². The van der Waals surface area contributed by atoms with Crippen LogP contribution < -0.4 is 5.73 Å². The molecule has 2 aromatic heterocycles. The van der Waals surface area contributed by atoms with Gasteiger partial charge in [0.05, 0.1) is 5.93 Å². The van der Waals surface area contributed by atoms with Crippen LogP contribution >= 0.6 is 15.1 Å². The summed E-state index contributed by atoms with van der Waals surface area (Å²) < 4.78 is 27.4. The topological polar surface area (TPSA) is 150 Å². The second-order valence-electron chi connectivity index (χ2n) is 4.97. The number of anilines is 1. The average molecular weight is 346 g/mol. The summed E-state index contributed by atoms with van der Waals surface area (Å²) in [7, 11) is -5.07. The van der Waals surface area contributed by atoms with Crippen molar-refractivity contribution in [2.45, 2.75) is 24.3 Å². The van der Waals surface area contributed by atoms with Crippen LogP contribution in [0.2, 0.25) is 0 Å². The van der Waals surface area contributed by atoms with Crippen molar-refractivity contribution in [2.75, 3.05) is 12.1 Å². The molecule has 0 saturated carbocycles. The first-order valence-electron chi connectivity index (χ1n) is 6.35.